The van der Waals surface area contributed by atoms with Crippen LogP contribution < -0.4 is 0 Å². The summed E-state index contributed by atoms with van der Waals surface area (Å²) in [5, 5.41) is 4.09. The summed E-state index contributed by atoms with van der Waals surface area (Å²) in [7, 11) is -3.65. The first-order chi connectivity index (χ1) is 13.6. The van der Waals surface area contributed by atoms with Gasteiger partial charge in [0, 0.05) is 13.1 Å². The fourth-order valence-corrected chi connectivity index (χ4v) is 5.89. The lowest BCUT2D eigenvalue weighted by Crippen LogP contribution is -2.34. The van der Waals surface area contributed by atoms with E-state index in [1.807, 2.05) is 24.3 Å². The highest BCUT2D eigenvalue weighted by molar-refractivity contribution is 7.89. The average Bonchev–Trinajstić information content (AvgIpc) is 3.45. The molecule has 2 aliphatic rings. The summed E-state index contributed by atoms with van der Waals surface area (Å²) in [5.74, 6) is 0. The lowest BCUT2D eigenvalue weighted by Gasteiger charge is -2.25. The van der Waals surface area contributed by atoms with E-state index in [4.69, 9.17) is 4.74 Å². The zero-order chi connectivity index (χ0) is 19.2. The number of hydrogen-bond donors (Lipinski definition) is 0. The molecule has 3 aromatic rings. The number of aromatic nitrogens is 3. The predicted octanol–water partition coefficient (Wildman–Crippen LogP) is 2.15. The van der Waals surface area contributed by atoms with Gasteiger partial charge in [-0.1, -0.05) is 42.5 Å². The summed E-state index contributed by atoms with van der Waals surface area (Å²) in [6.07, 6.45) is 3.68. The number of nitrogens with zero attached hydrogens (tertiary/aromatic N) is 4. The van der Waals surface area contributed by atoms with E-state index in [9.17, 15) is 8.42 Å². The maximum atomic E-state index is 13.5. The van der Waals surface area contributed by atoms with Crippen LogP contribution in [0.2, 0.25) is 0 Å². The van der Waals surface area contributed by atoms with Gasteiger partial charge in [0.1, 0.15) is 18.3 Å². The zero-order valence-corrected chi connectivity index (χ0v) is 16.0. The fraction of sp³-hybridized carbons (Fsp3) is 0.300. The Morgan fingerprint density at radius 3 is 2.79 bits per heavy atom. The van der Waals surface area contributed by atoms with Crippen LogP contribution in [0, 0.1) is 0 Å². The van der Waals surface area contributed by atoms with Crippen LogP contribution in [-0.4, -0.2) is 40.6 Å². The molecule has 2 aromatic carbocycles. The average molecular weight is 396 g/mol. The molecule has 1 spiro atoms. The van der Waals surface area contributed by atoms with E-state index < -0.39 is 15.6 Å². The summed E-state index contributed by atoms with van der Waals surface area (Å²) >= 11 is 0. The number of hydrogen-bond acceptors (Lipinski definition) is 5. The second kappa shape index (κ2) is 6.51. The van der Waals surface area contributed by atoms with Crippen molar-refractivity contribution in [3.63, 3.8) is 0 Å². The second-order valence-corrected chi connectivity index (χ2v) is 9.14. The van der Waals surface area contributed by atoms with Gasteiger partial charge in [0.25, 0.3) is 0 Å². The number of rotatable bonds is 4. The smallest absolute Gasteiger partial charge is 0.243 e. The van der Waals surface area contributed by atoms with Crippen LogP contribution in [0.4, 0.5) is 0 Å². The molecule has 1 aromatic heterocycles. The van der Waals surface area contributed by atoms with Gasteiger partial charge < -0.3 is 4.74 Å². The van der Waals surface area contributed by atoms with E-state index in [-0.39, 0.29) is 0 Å². The second-order valence-electron chi connectivity index (χ2n) is 7.23. The third kappa shape index (κ3) is 2.76. The summed E-state index contributed by atoms with van der Waals surface area (Å²) in [4.78, 5) is 4.25. The van der Waals surface area contributed by atoms with Crippen molar-refractivity contribution in [3.8, 4) is 0 Å². The van der Waals surface area contributed by atoms with Gasteiger partial charge in [-0.2, -0.15) is 9.40 Å². The quantitative estimate of drug-likeness (QED) is 0.675. The molecule has 1 fully saturated rings. The molecule has 1 saturated heterocycles. The minimum absolute atomic E-state index is 0.314. The van der Waals surface area contributed by atoms with Crippen molar-refractivity contribution in [1.82, 2.24) is 19.1 Å². The lowest BCUT2D eigenvalue weighted by atomic mass is 9.92. The van der Waals surface area contributed by atoms with E-state index in [0.717, 1.165) is 11.1 Å². The van der Waals surface area contributed by atoms with Crippen LogP contribution in [0.15, 0.2) is 66.1 Å². The molecule has 0 N–H and O–H groups in total. The highest BCUT2D eigenvalue weighted by atomic mass is 32.2. The van der Waals surface area contributed by atoms with Crippen LogP contribution in [0.1, 0.15) is 23.1 Å². The molecule has 1 atom stereocenters. The summed E-state index contributed by atoms with van der Waals surface area (Å²) in [6.45, 7) is 1.67. The van der Waals surface area contributed by atoms with Crippen LogP contribution in [-0.2, 0) is 33.5 Å². The Morgan fingerprint density at radius 1 is 1.11 bits per heavy atom. The van der Waals surface area contributed by atoms with E-state index >= 15 is 0 Å². The molecule has 8 heteroatoms. The Kier molecular flexibility index (Phi) is 4.08. The van der Waals surface area contributed by atoms with Crippen LogP contribution in [0.3, 0.4) is 0 Å². The normalized spacial score (nSPS) is 22.0. The van der Waals surface area contributed by atoms with Crippen LogP contribution in [0.5, 0.6) is 0 Å². The van der Waals surface area contributed by atoms with Gasteiger partial charge in [-0.25, -0.2) is 18.1 Å². The first-order valence-electron chi connectivity index (χ1n) is 9.21. The lowest BCUT2D eigenvalue weighted by molar-refractivity contribution is -0.0255. The van der Waals surface area contributed by atoms with E-state index in [0.29, 0.717) is 43.1 Å². The monoisotopic (exact) mass is 396 g/mol. The molecule has 5 rings (SSSR count). The van der Waals surface area contributed by atoms with E-state index in [1.165, 1.54) is 6.33 Å². The Balaban J connectivity index is 1.47. The summed E-state index contributed by atoms with van der Waals surface area (Å²) in [6, 6.07) is 15.2. The largest absolute Gasteiger partial charge is 0.364 e. The van der Waals surface area contributed by atoms with Gasteiger partial charge in [0.15, 0.2) is 0 Å². The molecule has 0 amide bonds. The maximum absolute atomic E-state index is 13.5. The topological polar surface area (TPSA) is 77.3 Å². The number of sulfonamides is 1. The standard InChI is InChI=1S/C20H20N4O3S/c25-28(26,19-8-4-2-5-16(19)11-23-15-21-14-22-23)24-10-9-20(13-24)18-7-3-1-6-17(18)12-27-20/h1-8,14-15H,9-13H2. The van der Waals surface area contributed by atoms with Gasteiger partial charge in [-0.05, 0) is 29.2 Å². The third-order valence-electron chi connectivity index (χ3n) is 5.60. The number of ether oxygens (including phenoxy) is 1. The van der Waals surface area contributed by atoms with Gasteiger partial charge in [0.2, 0.25) is 10.0 Å². The summed E-state index contributed by atoms with van der Waals surface area (Å²) in [5.41, 5.74) is 2.42. The van der Waals surface area contributed by atoms with Crippen molar-refractivity contribution in [2.24, 2.45) is 0 Å². The molecule has 2 aliphatic heterocycles. The molecule has 1 unspecified atom stereocenters. The molecule has 7 nitrogen and oxygen atoms in total. The third-order valence-corrected chi connectivity index (χ3v) is 7.54. The van der Waals surface area contributed by atoms with Crippen LogP contribution in [0.25, 0.3) is 0 Å². The SMILES string of the molecule is O=S(=O)(c1ccccc1Cn1cncn1)N1CCC2(C1)OCc1ccccc12. The van der Waals surface area contributed by atoms with Crippen molar-refractivity contribution in [1.29, 1.82) is 0 Å². The van der Waals surface area contributed by atoms with Crippen molar-refractivity contribution in [2.75, 3.05) is 13.1 Å². The van der Waals surface area contributed by atoms with E-state index in [1.54, 1.807) is 27.4 Å². The highest BCUT2D eigenvalue weighted by Crippen LogP contribution is 2.44. The summed E-state index contributed by atoms with van der Waals surface area (Å²) < 4.78 is 36.2. The first kappa shape index (κ1) is 17.5. The Hall–Kier alpha value is -2.55. The van der Waals surface area contributed by atoms with Gasteiger partial charge in [0.05, 0.1) is 18.0 Å². The molecule has 0 radical (unpaired) electrons. The van der Waals surface area contributed by atoms with Gasteiger partial charge in [-0.15, -0.1) is 0 Å². The Morgan fingerprint density at radius 2 is 1.93 bits per heavy atom. The van der Waals surface area contributed by atoms with Gasteiger partial charge >= 0.3 is 0 Å². The van der Waals surface area contributed by atoms with Crippen molar-refractivity contribution >= 4 is 10.0 Å². The molecular weight excluding hydrogens is 376 g/mol. The molecule has 0 aliphatic carbocycles. The molecule has 28 heavy (non-hydrogen) atoms. The molecule has 144 valence electrons. The minimum atomic E-state index is -3.65. The number of benzene rings is 2. The molecular formula is C20H20N4O3S. The van der Waals surface area contributed by atoms with Crippen LogP contribution >= 0.6 is 0 Å². The van der Waals surface area contributed by atoms with E-state index in [2.05, 4.69) is 22.2 Å². The fourth-order valence-electron chi connectivity index (χ4n) is 4.19. The first-order valence-corrected chi connectivity index (χ1v) is 10.7. The highest BCUT2D eigenvalue weighted by Gasteiger charge is 2.48. The van der Waals surface area contributed by atoms with Crippen molar-refractivity contribution in [3.05, 3.63) is 77.9 Å². The Bertz CT molecular complexity index is 1110. The predicted molar refractivity (Wildman–Crippen MR) is 102 cm³/mol. The van der Waals surface area contributed by atoms with Crippen molar-refractivity contribution in [2.45, 2.75) is 30.1 Å². The van der Waals surface area contributed by atoms with Gasteiger partial charge in [-0.3, -0.25) is 0 Å². The number of fused-ring (bicyclic) bond motifs is 2. The molecule has 0 saturated carbocycles. The Labute approximate surface area is 163 Å². The molecule has 3 heterocycles. The zero-order valence-electron chi connectivity index (χ0n) is 15.2. The van der Waals surface area contributed by atoms with Crippen molar-refractivity contribution < 1.29 is 13.2 Å². The maximum Gasteiger partial charge on any atom is 0.243 e. The molecule has 0 bridgehead atoms. The minimum Gasteiger partial charge on any atom is -0.364 e.